The van der Waals surface area contributed by atoms with Crippen molar-refractivity contribution in [3.05, 3.63) is 53.0 Å². The van der Waals surface area contributed by atoms with E-state index >= 15 is 0 Å². The number of anilines is 1. The van der Waals surface area contributed by atoms with Crippen molar-refractivity contribution in [2.75, 3.05) is 31.1 Å². The number of carbonyl (C=O) groups is 1. The van der Waals surface area contributed by atoms with Crippen LogP contribution < -0.4 is 10.2 Å². The summed E-state index contributed by atoms with van der Waals surface area (Å²) in [6, 6.07) is 4.83. The Morgan fingerprint density at radius 3 is 2.38 bits per heavy atom. The highest BCUT2D eigenvalue weighted by Crippen LogP contribution is 2.45. The van der Waals surface area contributed by atoms with Crippen molar-refractivity contribution in [3.8, 4) is 0 Å². The zero-order valence-electron chi connectivity index (χ0n) is 21.4. The van der Waals surface area contributed by atoms with E-state index in [1.54, 1.807) is 4.90 Å². The lowest BCUT2D eigenvalue weighted by molar-refractivity contribution is -0.137. The summed E-state index contributed by atoms with van der Waals surface area (Å²) in [4.78, 5) is 26.4. The third-order valence-electron chi connectivity index (χ3n) is 8.06. The molecule has 10 heteroatoms. The van der Waals surface area contributed by atoms with Gasteiger partial charge in [0, 0.05) is 43.3 Å². The van der Waals surface area contributed by atoms with Crippen molar-refractivity contribution in [2.45, 2.75) is 75.8 Å². The number of aromatic nitrogens is 2. The molecule has 1 N–H and O–H groups in total. The van der Waals surface area contributed by atoms with Crippen LogP contribution >= 0.6 is 0 Å². The fourth-order valence-electron chi connectivity index (χ4n) is 6.09. The fourth-order valence-corrected chi connectivity index (χ4v) is 6.09. The molecule has 3 heterocycles. The summed E-state index contributed by atoms with van der Waals surface area (Å²) in [5, 5.41) is 3.53. The van der Waals surface area contributed by atoms with E-state index in [4.69, 9.17) is 0 Å². The Morgan fingerprint density at radius 2 is 1.78 bits per heavy atom. The maximum Gasteiger partial charge on any atom is 0.416 e. The predicted molar refractivity (Wildman–Crippen MR) is 132 cm³/mol. The van der Waals surface area contributed by atoms with E-state index in [1.165, 1.54) is 18.5 Å². The molecule has 0 unspecified atom stereocenters. The van der Waals surface area contributed by atoms with Gasteiger partial charge in [-0.05, 0) is 56.7 Å². The zero-order chi connectivity index (χ0) is 26.5. The summed E-state index contributed by atoms with van der Waals surface area (Å²) in [6.45, 7) is 8.13. The number of nitrogens with zero attached hydrogens (tertiary/aromatic N) is 4. The molecule has 1 aromatic carbocycles. The van der Waals surface area contributed by atoms with Crippen LogP contribution in [0.5, 0.6) is 0 Å². The summed E-state index contributed by atoms with van der Waals surface area (Å²) in [5.74, 6) is 0.107. The molecule has 4 atom stereocenters. The minimum Gasteiger partial charge on any atom is -0.353 e. The largest absolute Gasteiger partial charge is 0.416 e. The molecule has 2 saturated heterocycles. The molecular weight excluding hydrogens is 486 g/mol. The van der Waals surface area contributed by atoms with Gasteiger partial charge >= 0.3 is 6.18 Å². The summed E-state index contributed by atoms with van der Waals surface area (Å²) < 4.78 is 53.9. The maximum absolute atomic E-state index is 14.4. The van der Waals surface area contributed by atoms with E-state index in [9.17, 15) is 22.4 Å². The zero-order valence-corrected chi connectivity index (χ0v) is 21.4. The van der Waals surface area contributed by atoms with Crippen molar-refractivity contribution in [1.82, 2.24) is 20.2 Å². The molecule has 1 amide bonds. The first-order valence-corrected chi connectivity index (χ1v) is 12.9. The van der Waals surface area contributed by atoms with Gasteiger partial charge in [-0.25, -0.2) is 14.4 Å². The molecule has 5 rings (SSSR count). The standard InChI is InChI=1S/C27H33F4N5O/c1-16-14-19(28)23-21(16)24(33-15-32-23)35-10-12-36(13-11-35)25(37)22(20-8-9-26(2,3)34-20)17-4-6-18(7-5-17)27(29,30)31/h4-7,15-16,19-20,22,34H,8-14H2,1-3H3/t16-,19+,20+,22+/m1/s1. The van der Waals surface area contributed by atoms with Gasteiger partial charge in [-0.3, -0.25) is 4.79 Å². The second-order valence-electron chi connectivity index (χ2n) is 11.2. The van der Waals surface area contributed by atoms with Crippen molar-refractivity contribution in [2.24, 2.45) is 0 Å². The Morgan fingerprint density at radius 1 is 1.11 bits per heavy atom. The first kappa shape index (κ1) is 25.9. The van der Waals surface area contributed by atoms with Crippen LogP contribution in [0, 0.1) is 0 Å². The number of halogens is 4. The number of hydrogen-bond donors (Lipinski definition) is 1. The normalized spacial score (nSPS) is 26.3. The van der Waals surface area contributed by atoms with Gasteiger partial charge in [0.25, 0.3) is 0 Å². The van der Waals surface area contributed by atoms with Crippen LogP contribution in [0.2, 0.25) is 0 Å². The Labute approximate surface area is 214 Å². The minimum absolute atomic E-state index is 0.0294. The van der Waals surface area contributed by atoms with Crippen molar-refractivity contribution < 1.29 is 22.4 Å². The number of piperazine rings is 1. The molecule has 0 spiro atoms. The Kier molecular flexibility index (Phi) is 6.66. The van der Waals surface area contributed by atoms with Gasteiger partial charge in [0.2, 0.25) is 5.91 Å². The number of amides is 1. The van der Waals surface area contributed by atoms with Gasteiger partial charge in [-0.15, -0.1) is 0 Å². The molecule has 37 heavy (non-hydrogen) atoms. The monoisotopic (exact) mass is 519 g/mol. The van der Waals surface area contributed by atoms with E-state index in [0.717, 1.165) is 36.4 Å². The van der Waals surface area contributed by atoms with Gasteiger partial charge in [-0.1, -0.05) is 19.1 Å². The molecule has 2 aliphatic heterocycles. The number of alkyl halides is 4. The van der Waals surface area contributed by atoms with Gasteiger partial charge < -0.3 is 15.1 Å². The van der Waals surface area contributed by atoms with Crippen LogP contribution in [0.1, 0.15) is 80.4 Å². The summed E-state index contributed by atoms with van der Waals surface area (Å²) in [5.41, 5.74) is 1.04. The first-order valence-electron chi connectivity index (χ1n) is 12.9. The lowest BCUT2D eigenvalue weighted by Gasteiger charge is -2.39. The molecule has 1 aromatic heterocycles. The van der Waals surface area contributed by atoms with Gasteiger partial charge in [0.1, 0.15) is 18.3 Å². The predicted octanol–water partition coefficient (Wildman–Crippen LogP) is 4.98. The third kappa shape index (κ3) is 5.04. The van der Waals surface area contributed by atoms with Crippen LogP contribution in [0.4, 0.5) is 23.4 Å². The minimum atomic E-state index is -4.43. The molecule has 6 nitrogen and oxygen atoms in total. The highest BCUT2D eigenvalue weighted by Gasteiger charge is 2.42. The lowest BCUT2D eigenvalue weighted by Crippen LogP contribution is -2.53. The van der Waals surface area contributed by atoms with Crippen molar-refractivity contribution >= 4 is 11.7 Å². The van der Waals surface area contributed by atoms with Gasteiger partial charge in [-0.2, -0.15) is 13.2 Å². The number of benzene rings is 1. The number of carbonyl (C=O) groups excluding carboxylic acids is 1. The Hall–Kier alpha value is -2.75. The second-order valence-corrected chi connectivity index (χ2v) is 11.2. The van der Waals surface area contributed by atoms with Crippen LogP contribution in [-0.2, 0) is 11.0 Å². The molecule has 3 aliphatic rings. The fraction of sp³-hybridized carbons (Fsp3) is 0.593. The molecule has 0 saturated carbocycles. The summed E-state index contributed by atoms with van der Waals surface area (Å²) in [6.07, 6.45) is -2.06. The smallest absolute Gasteiger partial charge is 0.353 e. The van der Waals surface area contributed by atoms with E-state index in [1.807, 2.05) is 6.92 Å². The van der Waals surface area contributed by atoms with Crippen LogP contribution in [0.25, 0.3) is 0 Å². The van der Waals surface area contributed by atoms with Gasteiger partial charge in [0.15, 0.2) is 0 Å². The molecule has 2 fully saturated rings. The van der Waals surface area contributed by atoms with Crippen LogP contribution in [0.3, 0.4) is 0 Å². The molecule has 1 aliphatic carbocycles. The quantitative estimate of drug-likeness (QED) is 0.578. The maximum atomic E-state index is 14.4. The van der Waals surface area contributed by atoms with Crippen LogP contribution in [-0.4, -0.2) is 58.5 Å². The first-order chi connectivity index (χ1) is 17.4. The molecular formula is C27H33F4N5O. The van der Waals surface area contributed by atoms with E-state index < -0.39 is 23.8 Å². The highest BCUT2D eigenvalue weighted by atomic mass is 19.4. The summed E-state index contributed by atoms with van der Waals surface area (Å²) in [7, 11) is 0. The molecule has 2 aromatic rings. The van der Waals surface area contributed by atoms with Crippen molar-refractivity contribution in [1.29, 1.82) is 0 Å². The number of hydrogen-bond acceptors (Lipinski definition) is 5. The summed E-state index contributed by atoms with van der Waals surface area (Å²) >= 11 is 0. The molecule has 0 radical (unpaired) electrons. The number of rotatable bonds is 4. The number of nitrogens with one attached hydrogen (secondary N) is 1. The Bertz CT molecular complexity index is 1140. The lowest BCUT2D eigenvalue weighted by atomic mass is 9.88. The SMILES string of the molecule is C[C@@H]1C[C@H](F)c2ncnc(N3CCN(C(=O)[C@@H](c4ccc(C(F)(F)F)cc4)[C@@H]4CCC(C)(C)N4)CC3)c21. The average Bonchev–Trinajstić information content (AvgIpc) is 3.36. The second kappa shape index (κ2) is 9.53. The van der Waals surface area contributed by atoms with E-state index in [0.29, 0.717) is 43.9 Å². The number of fused-ring (bicyclic) bond motifs is 1. The average molecular weight is 520 g/mol. The third-order valence-corrected chi connectivity index (χ3v) is 8.06. The van der Waals surface area contributed by atoms with E-state index in [-0.39, 0.29) is 23.4 Å². The molecule has 200 valence electrons. The van der Waals surface area contributed by atoms with E-state index in [2.05, 4.69) is 34.0 Å². The molecule has 0 bridgehead atoms. The Balaban J connectivity index is 1.35. The van der Waals surface area contributed by atoms with Gasteiger partial charge in [0.05, 0.1) is 17.2 Å². The topological polar surface area (TPSA) is 61.4 Å². The van der Waals surface area contributed by atoms with Crippen molar-refractivity contribution in [3.63, 3.8) is 0 Å². The van der Waals surface area contributed by atoms with Crippen LogP contribution in [0.15, 0.2) is 30.6 Å². The highest BCUT2D eigenvalue weighted by molar-refractivity contribution is 5.85.